The molecular weight excluding hydrogens is 138 g/mol. The van der Waals surface area contributed by atoms with Crippen LogP contribution in [0.2, 0.25) is 0 Å². The van der Waals surface area contributed by atoms with Crippen molar-refractivity contribution in [3.05, 3.63) is 0 Å². The van der Waals surface area contributed by atoms with E-state index in [2.05, 4.69) is 5.32 Å². The van der Waals surface area contributed by atoms with Gasteiger partial charge < -0.3 is 5.32 Å². The van der Waals surface area contributed by atoms with E-state index in [1.807, 2.05) is 13.8 Å². The van der Waals surface area contributed by atoms with Crippen LogP contribution in [0.15, 0.2) is 0 Å². The number of ketones is 1. The lowest BCUT2D eigenvalue weighted by Gasteiger charge is -2.19. The maximum Gasteiger partial charge on any atom is 0.134 e. The van der Waals surface area contributed by atoms with Gasteiger partial charge in [-0.25, -0.2) is 0 Å². The van der Waals surface area contributed by atoms with Crippen molar-refractivity contribution < 1.29 is 4.79 Å². The van der Waals surface area contributed by atoms with E-state index in [0.29, 0.717) is 11.7 Å². The molecule has 11 heavy (non-hydrogen) atoms. The van der Waals surface area contributed by atoms with E-state index in [1.54, 1.807) is 6.92 Å². The minimum Gasteiger partial charge on any atom is -0.316 e. The molecule has 0 spiro atoms. The van der Waals surface area contributed by atoms with Gasteiger partial charge in [-0.3, -0.25) is 4.79 Å². The second-order valence-electron chi connectivity index (χ2n) is 2.65. The molecule has 0 aliphatic carbocycles. The van der Waals surface area contributed by atoms with Gasteiger partial charge in [-0.1, -0.05) is 13.8 Å². The van der Waals surface area contributed by atoms with E-state index < -0.39 is 0 Å². The molecule has 0 aromatic carbocycles. The summed E-state index contributed by atoms with van der Waals surface area (Å²) in [5.74, 6) is 0.640. The lowest BCUT2D eigenvalue weighted by molar-refractivity contribution is -0.121. The Bertz CT molecular complexity index is 106. The van der Waals surface area contributed by atoms with Crippen molar-refractivity contribution >= 4 is 5.78 Å². The molecule has 0 aromatic heterocycles. The van der Waals surface area contributed by atoms with Gasteiger partial charge in [0.1, 0.15) is 5.78 Å². The van der Waals surface area contributed by atoms with Crippen LogP contribution in [0.4, 0.5) is 0 Å². The molecule has 0 bridgehead atoms. The maximum absolute atomic E-state index is 10.8. The van der Waals surface area contributed by atoms with E-state index in [1.165, 1.54) is 0 Å². The van der Waals surface area contributed by atoms with Crippen molar-refractivity contribution in [2.75, 3.05) is 13.1 Å². The van der Waals surface area contributed by atoms with Gasteiger partial charge >= 0.3 is 0 Å². The predicted molar refractivity (Wildman–Crippen MR) is 47.6 cm³/mol. The fraction of sp³-hybridized carbons (Fsp3) is 0.889. The molecular formula is C9H19NO. The van der Waals surface area contributed by atoms with Crippen LogP contribution in [0, 0.1) is 5.92 Å². The molecule has 1 aliphatic heterocycles. The first kappa shape index (κ1) is 10.6. The van der Waals surface area contributed by atoms with Gasteiger partial charge in [-0.15, -0.1) is 0 Å². The van der Waals surface area contributed by atoms with E-state index in [4.69, 9.17) is 0 Å². The van der Waals surface area contributed by atoms with Gasteiger partial charge in [0, 0.05) is 12.5 Å². The summed E-state index contributed by atoms with van der Waals surface area (Å²) >= 11 is 0. The number of carbonyl (C=O) groups is 1. The van der Waals surface area contributed by atoms with Gasteiger partial charge in [0.25, 0.3) is 0 Å². The van der Waals surface area contributed by atoms with Gasteiger partial charge in [-0.05, 0) is 26.3 Å². The van der Waals surface area contributed by atoms with Crippen LogP contribution < -0.4 is 5.32 Å². The summed E-state index contributed by atoms with van der Waals surface area (Å²) in [6, 6.07) is 0. The minimum absolute atomic E-state index is 0.304. The third kappa shape index (κ3) is 4.14. The summed E-state index contributed by atoms with van der Waals surface area (Å²) in [5.41, 5.74) is 0. The third-order valence-corrected chi connectivity index (χ3v) is 1.87. The molecule has 1 heterocycles. The summed E-state index contributed by atoms with van der Waals surface area (Å²) < 4.78 is 0. The Balaban J connectivity index is 0.000000461. The lowest BCUT2D eigenvalue weighted by atomic mass is 9.96. The zero-order chi connectivity index (χ0) is 8.69. The maximum atomic E-state index is 10.8. The lowest BCUT2D eigenvalue weighted by Crippen LogP contribution is -2.33. The summed E-state index contributed by atoms with van der Waals surface area (Å²) in [6.45, 7) is 7.66. The smallest absolute Gasteiger partial charge is 0.134 e. The van der Waals surface area contributed by atoms with Crippen molar-refractivity contribution in [3.63, 3.8) is 0 Å². The highest BCUT2D eigenvalue weighted by atomic mass is 16.1. The van der Waals surface area contributed by atoms with E-state index in [-0.39, 0.29) is 0 Å². The van der Waals surface area contributed by atoms with Gasteiger partial charge in [0.15, 0.2) is 0 Å². The summed E-state index contributed by atoms with van der Waals surface area (Å²) in [7, 11) is 0. The molecule has 0 amide bonds. The van der Waals surface area contributed by atoms with E-state index in [0.717, 1.165) is 25.9 Å². The van der Waals surface area contributed by atoms with Gasteiger partial charge in [0.2, 0.25) is 0 Å². The zero-order valence-corrected chi connectivity index (χ0v) is 7.81. The van der Waals surface area contributed by atoms with Crippen LogP contribution >= 0.6 is 0 Å². The second-order valence-corrected chi connectivity index (χ2v) is 2.65. The minimum atomic E-state index is 0.304. The SMILES string of the molecule is CC.CC(=O)[C@@H]1CCCNC1. The molecule has 1 saturated heterocycles. The molecule has 1 atom stereocenters. The first-order valence-electron chi connectivity index (χ1n) is 4.52. The van der Waals surface area contributed by atoms with Crippen LogP contribution in [-0.2, 0) is 4.79 Å². The first-order valence-corrected chi connectivity index (χ1v) is 4.52. The molecule has 1 N–H and O–H groups in total. The van der Waals surface area contributed by atoms with Crippen LogP contribution in [-0.4, -0.2) is 18.9 Å². The Morgan fingerprint density at radius 1 is 1.45 bits per heavy atom. The van der Waals surface area contributed by atoms with E-state index >= 15 is 0 Å². The van der Waals surface area contributed by atoms with Crippen LogP contribution in [0.1, 0.15) is 33.6 Å². The van der Waals surface area contributed by atoms with Gasteiger partial charge in [0.05, 0.1) is 0 Å². The van der Waals surface area contributed by atoms with Crippen molar-refractivity contribution in [3.8, 4) is 0 Å². The number of rotatable bonds is 1. The number of Topliss-reactive ketones (excluding diaryl/α,β-unsaturated/α-hetero) is 1. The highest BCUT2D eigenvalue weighted by Crippen LogP contribution is 2.09. The Labute approximate surface area is 69.4 Å². The molecule has 66 valence electrons. The van der Waals surface area contributed by atoms with Crippen molar-refractivity contribution in [1.29, 1.82) is 0 Å². The molecule has 0 saturated carbocycles. The van der Waals surface area contributed by atoms with Crippen LogP contribution in [0.25, 0.3) is 0 Å². The number of carbonyl (C=O) groups excluding carboxylic acids is 1. The number of hydrogen-bond donors (Lipinski definition) is 1. The molecule has 2 nitrogen and oxygen atoms in total. The average Bonchev–Trinajstić information content (AvgIpc) is 2.10. The van der Waals surface area contributed by atoms with Crippen LogP contribution in [0.5, 0.6) is 0 Å². The average molecular weight is 157 g/mol. The molecule has 0 radical (unpaired) electrons. The first-order chi connectivity index (χ1) is 5.30. The monoisotopic (exact) mass is 157 g/mol. The molecule has 2 heteroatoms. The molecule has 0 unspecified atom stereocenters. The number of nitrogens with one attached hydrogen (secondary N) is 1. The standard InChI is InChI=1S/C7H13NO.C2H6/c1-6(9)7-3-2-4-8-5-7;1-2/h7-8H,2-5H2,1H3;1-2H3/t7-;/m1./s1. The molecule has 1 rings (SSSR count). The summed E-state index contributed by atoms with van der Waals surface area (Å²) in [5, 5.41) is 3.20. The number of piperidine rings is 1. The molecule has 0 aromatic rings. The second kappa shape index (κ2) is 6.35. The third-order valence-electron chi connectivity index (χ3n) is 1.87. The Hall–Kier alpha value is -0.370. The zero-order valence-electron chi connectivity index (χ0n) is 7.81. The topological polar surface area (TPSA) is 29.1 Å². The fourth-order valence-electron chi connectivity index (χ4n) is 1.20. The quantitative estimate of drug-likeness (QED) is 0.626. The highest BCUT2D eigenvalue weighted by Gasteiger charge is 2.16. The van der Waals surface area contributed by atoms with Crippen molar-refractivity contribution in [2.45, 2.75) is 33.6 Å². The largest absolute Gasteiger partial charge is 0.316 e. The Morgan fingerprint density at radius 3 is 2.36 bits per heavy atom. The fourth-order valence-corrected chi connectivity index (χ4v) is 1.20. The van der Waals surface area contributed by atoms with E-state index in [9.17, 15) is 4.79 Å². The highest BCUT2D eigenvalue weighted by molar-refractivity contribution is 5.78. The number of hydrogen-bond acceptors (Lipinski definition) is 2. The van der Waals surface area contributed by atoms with Crippen LogP contribution in [0.3, 0.4) is 0 Å². The van der Waals surface area contributed by atoms with Crippen molar-refractivity contribution in [2.24, 2.45) is 5.92 Å². The normalized spacial score (nSPS) is 23.4. The van der Waals surface area contributed by atoms with Crippen molar-refractivity contribution in [1.82, 2.24) is 5.32 Å². The molecule has 1 aliphatic rings. The summed E-state index contributed by atoms with van der Waals surface area (Å²) in [6.07, 6.45) is 2.24. The summed E-state index contributed by atoms with van der Waals surface area (Å²) in [4.78, 5) is 10.8. The Kier molecular flexibility index (Phi) is 6.13. The van der Waals surface area contributed by atoms with Gasteiger partial charge in [-0.2, -0.15) is 0 Å². The molecule has 1 fully saturated rings. The predicted octanol–water partition coefficient (Wildman–Crippen LogP) is 1.60. The Morgan fingerprint density at radius 2 is 2.09 bits per heavy atom.